The Kier molecular flexibility index (Phi) is 8.14. The Bertz CT molecular complexity index is 3740. The summed E-state index contributed by atoms with van der Waals surface area (Å²) in [6.07, 6.45) is 0. The van der Waals surface area contributed by atoms with E-state index in [2.05, 4.69) is 248 Å². The van der Waals surface area contributed by atoms with Crippen LogP contribution in [0.2, 0.25) is 0 Å². The molecule has 69 heavy (non-hydrogen) atoms. The quantitative estimate of drug-likeness (QED) is 0.168. The van der Waals surface area contributed by atoms with Gasteiger partial charge in [-0.05, 0) is 128 Å². The van der Waals surface area contributed by atoms with E-state index >= 15 is 0 Å². The summed E-state index contributed by atoms with van der Waals surface area (Å²) in [5.41, 5.74) is 24.7. The fourth-order valence-corrected chi connectivity index (χ4v) is 13.2. The van der Waals surface area contributed by atoms with Gasteiger partial charge in [-0.1, -0.05) is 236 Å². The summed E-state index contributed by atoms with van der Waals surface area (Å²) in [6, 6.07) is 78.4. The minimum Gasteiger partial charge on any atom is -0.456 e. The third-order valence-electron chi connectivity index (χ3n) is 16.3. The summed E-state index contributed by atoms with van der Waals surface area (Å²) in [6.45, 7) is 14.0. The van der Waals surface area contributed by atoms with Crippen LogP contribution in [-0.4, -0.2) is 0 Å². The summed E-state index contributed by atoms with van der Waals surface area (Å²) in [5, 5.41) is 2.28. The van der Waals surface area contributed by atoms with Gasteiger partial charge in [0, 0.05) is 16.5 Å². The average molecular weight is 885 g/mol. The normalized spacial score (nSPS) is 14.9. The van der Waals surface area contributed by atoms with E-state index in [4.69, 9.17) is 4.74 Å². The summed E-state index contributed by atoms with van der Waals surface area (Å²) >= 11 is 0. The number of hydrogen-bond acceptors (Lipinski definition) is 1. The van der Waals surface area contributed by atoms with Gasteiger partial charge in [0.25, 0.3) is 0 Å². The van der Waals surface area contributed by atoms with Crippen LogP contribution < -0.4 is 4.74 Å². The van der Waals surface area contributed by atoms with Crippen LogP contribution in [0.3, 0.4) is 0 Å². The fraction of sp³-hybridized carbons (Fsp3) is 0.147. The van der Waals surface area contributed by atoms with Crippen molar-refractivity contribution in [2.75, 3.05) is 0 Å². The number of para-hydroxylation sites is 1. The molecule has 4 aliphatic rings. The van der Waals surface area contributed by atoms with E-state index in [0.29, 0.717) is 0 Å². The van der Waals surface area contributed by atoms with Crippen molar-refractivity contribution in [3.8, 4) is 67.1 Å². The summed E-state index contributed by atoms with van der Waals surface area (Å²) in [7, 11) is 0. The SMILES string of the molecule is CC(C)(C)c1ccc2c(c1)C1(c3cc(C(C)(C)C)ccc3-2)c2ccccc2-c2c(-c3ccccc3-c3cc4c(c5ccccc35)Oc3ccccc3C43c4ccccc4-c4ccccc43)cccc21. The van der Waals surface area contributed by atoms with Crippen molar-refractivity contribution in [3.05, 3.63) is 262 Å². The Morgan fingerprint density at radius 2 is 0.710 bits per heavy atom. The van der Waals surface area contributed by atoms with Crippen molar-refractivity contribution < 1.29 is 4.74 Å². The van der Waals surface area contributed by atoms with Crippen LogP contribution in [-0.2, 0) is 21.7 Å². The van der Waals surface area contributed by atoms with Gasteiger partial charge < -0.3 is 4.74 Å². The van der Waals surface area contributed by atoms with Crippen LogP contribution in [0.1, 0.15) is 97.2 Å². The lowest BCUT2D eigenvalue weighted by Gasteiger charge is -2.40. The molecule has 0 atom stereocenters. The molecule has 14 rings (SSSR count). The Hall–Kier alpha value is -7.74. The lowest BCUT2D eigenvalue weighted by molar-refractivity contribution is 0.442. The van der Waals surface area contributed by atoms with Gasteiger partial charge in [-0.25, -0.2) is 0 Å². The predicted molar refractivity (Wildman–Crippen MR) is 286 cm³/mol. The zero-order valence-corrected chi connectivity index (χ0v) is 40.0. The second-order valence-electron chi connectivity index (χ2n) is 21.9. The molecule has 0 saturated carbocycles. The Labute approximate surface area is 405 Å². The number of fused-ring (bicyclic) bond motifs is 21. The molecule has 0 radical (unpaired) electrons. The van der Waals surface area contributed by atoms with Gasteiger partial charge in [0.15, 0.2) is 0 Å². The van der Waals surface area contributed by atoms with E-state index in [0.717, 1.165) is 16.9 Å². The molecule has 0 fully saturated rings. The first-order valence-corrected chi connectivity index (χ1v) is 24.7. The van der Waals surface area contributed by atoms with Crippen LogP contribution in [0, 0.1) is 0 Å². The van der Waals surface area contributed by atoms with Crippen molar-refractivity contribution in [2.45, 2.75) is 63.2 Å². The molecular weight excluding hydrogens is 833 g/mol. The first kappa shape index (κ1) is 40.3. The molecular formula is C68H52O. The van der Waals surface area contributed by atoms with Gasteiger partial charge in [0.1, 0.15) is 11.5 Å². The molecule has 0 aromatic heterocycles. The second kappa shape index (κ2) is 13.9. The molecule has 10 aromatic carbocycles. The maximum atomic E-state index is 7.18. The Morgan fingerprint density at radius 3 is 1.30 bits per heavy atom. The minimum absolute atomic E-state index is 0.0185. The van der Waals surface area contributed by atoms with Crippen molar-refractivity contribution in [1.29, 1.82) is 0 Å². The number of ether oxygens (including phenoxy) is 1. The first-order chi connectivity index (χ1) is 33.5. The topological polar surface area (TPSA) is 9.23 Å². The largest absolute Gasteiger partial charge is 0.456 e. The number of benzene rings is 10. The molecule has 0 saturated heterocycles. The van der Waals surface area contributed by atoms with Gasteiger partial charge in [-0.3, -0.25) is 0 Å². The summed E-state index contributed by atoms with van der Waals surface area (Å²) < 4.78 is 7.18. The molecule has 1 heterocycles. The predicted octanol–water partition coefficient (Wildman–Crippen LogP) is 17.6. The van der Waals surface area contributed by atoms with Crippen molar-refractivity contribution in [2.24, 2.45) is 0 Å². The maximum Gasteiger partial charge on any atom is 0.140 e. The van der Waals surface area contributed by atoms with Crippen LogP contribution in [0.25, 0.3) is 66.4 Å². The molecule has 0 N–H and O–H groups in total. The smallest absolute Gasteiger partial charge is 0.140 e. The molecule has 3 aliphatic carbocycles. The average Bonchev–Trinajstić information content (AvgIpc) is 3.96. The third kappa shape index (κ3) is 5.20. The van der Waals surface area contributed by atoms with Crippen LogP contribution in [0.5, 0.6) is 11.5 Å². The fourth-order valence-electron chi connectivity index (χ4n) is 13.2. The molecule has 0 bridgehead atoms. The molecule has 0 unspecified atom stereocenters. The van der Waals surface area contributed by atoms with Gasteiger partial charge >= 0.3 is 0 Å². The number of rotatable bonds is 2. The van der Waals surface area contributed by atoms with Gasteiger partial charge in [0.2, 0.25) is 0 Å². The lowest BCUT2D eigenvalue weighted by atomic mass is 9.65. The summed E-state index contributed by atoms with van der Waals surface area (Å²) in [5.74, 6) is 1.83. The standard InChI is InChI=1S/C68H52O/c1-65(2,3)41-34-36-48-49-37-35-42(66(4,5)6)39-60(49)68(59(48)38-41)56-30-16-13-26-52(56)63-50(27-19-32-58(63)68)43-20-7-8-21-44(43)53-40-61-64(51-25-10-9-22-45(51)53)69-62-33-18-17-31-57(62)67(61)54-28-14-11-23-46(54)47-24-12-15-29-55(47)67/h7-40H,1-6H3. The third-order valence-corrected chi connectivity index (χ3v) is 16.3. The molecule has 1 aliphatic heterocycles. The number of hydrogen-bond donors (Lipinski definition) is 0. The van der Waals surface area contributed by atoms with E-state index in [-0.39, 0.29) is 10.8 Å². The maximum absolute atomic E-state index is 7.18. The van der Waals surface area contributed by atoms with E-state index in [9.17, 15) is 0 Å². The van der Waals surface area contributed by atoms with Crippen LogP contribution in [0.4, 0.5) is 0 Å². The van der Waals surface area contributed by atoms with Crippen LogP contribution >= 0.6 is 0 Å². The van der Waals surface area contributed by atoms with Gasteiger partial charge in [-0.15, -0.1) is 0 Å². The van der Waals surface area contributed by atoms with Gasteiger partial charge in [-0.2, -0.15) is 0 Å². The Balaban J connectivity index is 1.07. The second-order valence-corrected chi connectivity index (χ2v) is 21.9. The molecule has 1 nitrogen and oxygen atoms in total. The van der Waals surface area contributed by atoms with Crippen molar-refractivity contribution in [1.82, 2.24) is 0 Å². The van der Waals surface area contributed by atoms with E-state index in [1.807, 2.05) is 0 Å². The molecule has 0 amide bonds. The molecule has 330 valence electrons. The highest BCUT2D eigenvalue weighted by Gasteiger charge is 2.54. The van der Waals surface area contributed by atoms with E-state index in [1.54, 1.807) is 0 Å². The molecule has 1 heteroatoms. The lowest BCUT2D eigenvalue weighted by Crippen LogP contribution is -2.32. The summed E-state index contributed by atoms with van der Waals surface area (Å²) in [4.78, 5) is 0. The van der Waals surface area contributed by atoms with Crippen LogP contribution in [0.15, 0.2) is 206 Å². The highest BCUT2D eigenvalue weighted by atomic mass is 16.5. The molecule has 10 aromatic rings. The first-order valence-electron chi connectivity index (χ1n) is 24.7. The minimum atomic E-state index is -0.592. The van der Waals surface area contributed by atoms with E-state index in [1.165, 1.54) is 117 Å². The highest BCUT2D eigenvalue weighted by Crippen LogP contribution is 2.67. The van der Waals surface area contributed by atoms with E-state index < -0.39 is 10.8 Å². The van der Waals surface area contributed by atoms with Gasteiger partial charge in [0.05, 0.1) is 10.8 Å². The Morgan fingerprint density at radius 1 is 0.290 bits per heavy atom. The van der Waals surface area contributed by atoms with Crippen molar-refractivity contribution in [3.63, 3.8) is 0 Å². The highest BCUT2D eigenvalue weighted by molar-refractivity contribution is 6.08. The van der Waals surface area contributed by atoms with Crippen molar-refractivity contribution >= 4 is 10.8 Å². The zero-order valence-electron chi connectivity index (χ0n) is 40.0. The molecule has 2 spiro atoms. The monoisotopic (exact) mass is 884 g/mol. The zero-order chi connectivity index (χ0) is 46.6.